The molecule has 4 rings (SSSR count). The van der Waals surface area contributed by atoms with Crippen molar-refractivity contribution >= 4 is 29.5 Å². The third-order valence-corrected chi connectivity index (χ3v) is 10.4. The Morgan fingerprint density at radius 3 is 1.20 bits per heavy atom. The molecule has 0 saturated carbocycles. The lowest BCUT2D eigenvalue weighted by Gasteiger charge is -2.31. The topological polar surface area (TPSA) is 164 Å². The average molecular weight is 817 g/mol. The lowest BCUT2D eigenvalue weighted by Crippen LogP contribution is -2.49. The van der Waals surface area contributed by atoms with Crippen molar-refractivity contribution in [1.29, 1.82) is 0 Å². The smallest absolute Gasteiger partial charge is 0.242 e. The molecule has 0 unspecified atom stereocenters. The third-order valence-electron chi connectivity index (χ3n) is 10.4. The number of unbranched alkanes of at least 4 members (excludes halogenated alkanes) is 1. The second kappa shape index (κ2) is 22.4. The van der Waals surface area contributed by atoms with E-state index < -0.39 is 29.5 Å². The maximum atomic E-state index is 14.5. The molecule has 2 N–H and O–H groups in total. The van der Waals surface area contributed by atoms with Crippen LogP contribution in [0.1, 0.15) is 54.0 Å². The molecule has 5 amide bonds. The number of amides is 5. The molecule has 1 saturated heterocycles. The van der Waals surface area contributed by atoms with Crippen LogP contribution < -0.4 is 24.7 Å². The Kier molecular flexibility index (Phi) is 17.4. The summed E-state index contributed by atoms with van der Waals surface area (Å²) in [5.41, 5.74) is 10.1. The fourth-order valence-electron chi connectivity index (χ4n) is 6.75. The molecule has 0 atom stereocenters. The Morgan fingerprint density at radius 1 is 0.475 bits per heavy atom. The zero-order valence-corrected chi connectivity index (χ0v) is 35.6. The van der Waals surface area contributed by atoms with Gasteiger partial charge in [0.05, 0.1) is 41.5 Å². The van der Waals surface area contributed by atoms with E-state index in [0.29, 0.717) is 47.0 Å². The highest BCUT2D eigenvalue weighted by Gasteiger charge is 2.31. The van der Waals surface area contributed by atoms with Crippen molar-refractivity contribution in [3.63, 3.8) is 0 Å². The number of carbonyl (C=O) groups is 5. The van der Waals surface area contributed by atoms with Crippen LogP contribution in [-0.4, -0.2) is 135 Å². The Bertz CT molecular complexity index is 1940. The van der Waals surface area contributed by atoms with E-state index >= 15 is 0 Å². The van der Waals surface area contributed by atoms with Gasteiger partial charge in [0.25, 0.3) is 0 Å². The van der Waals surface area contributed by atoms with Crippen molar-refractivity contribution in [2.45, 2.75) is 59.7 Å². The quantitative estimate of drug-likeness (QED) is 0.226. The number of ether oxygens (including phenoxy) is 4. The van der Waals surface area contributed by atoms with Crippen molar-refractivity contribution in [3.05, 3.63) is 82.4 Å². The monoisotopic (exact) mass is 816 g/mol. The van der Waals surface area contributed by atoms with E-state index in [2.05, 4.69) is 0 Å². The maximum absolute atomic E-state index is 14.5. The van der Waals surface area contributed by atoms with E-state index in [4.69, 9.17) is 24.7 Å². The van der Waals surface area contributed by atoms with Gasteiger partial charge in [0.15, 0.2) is 23.0 Å². The van der Waals surface area contributed by atoms with Gasteiger partial charge in [-0.2, -0.15) is 0 Å². The van der Waals surface area contributed by atoms with Crippen LogP contribution in [0.2, 0.25) is 0 Å². The summed E-state index contributed by atoms with van der Waals surface area (Å²) >= 11 is 0. The molecular formula is C44H60N6O9. The molecule has 0 spiro atoms. The van der Waals surface area contributed by atoms with Crippen LogP contribution in [0.4, 0.5) is 0 Å². The molecule has 0 aromatic heterocycles. The summed E-state index contributed by atoms with van der Waals surface area (Å²) in [6.45, 7) is 4.88. The zero-order valence-electron chi connectivity index (χ0n) is 35.6. The van der Waals surface area contributed by atoms with Gasteiger partial charge < -0.3 is 49.2 Å². The van der Waals surface area contributed by atoms with Crippen LogP contribution in [0, 0.1) is 13.8 Å². The highest BCUT2D eigenvalue weighted by molar-refractivity contribution is 5.93. The Morgan fingerprint density at radius 2 is 0.831 bits per heavy atom. The summed E-state index contributed by atoms with van der Waals surface area (Å²) in [5, 5.41) is 0. The molecule has 0 bridgehead atoms. The highest BCUT2D eigenvalue weighted by Crippen LogP contribution is 2.29. The number of hydrogen-bond donors (Lipinski definition) is 1. The molecule has 1 heterocycles. The molecule has 59 heavy (non-hydrogen) atoms. The first-order chi connectivity index (χ1) is 28.3. The molecule has 1 aliphatic heterocycles. The van der Waals surface area contributed by atoms with Gasteiger partial charge in [-0.15, -0.1) is 0 Å². The van der Waals surface area contributed by atoms with E-state index in [-0.39, 0.29) is 72.0 Å². The molecule has 3 aromatic rings. The largest absolute Gasteiger partial charge is 0.493 e. The van der Waals surface area contributed by atoms with Gasteiger partial charge in [0, 0.05) is 32.7 Å². The highest BCUT2D eigenvalue weighted by atomic mass is 16.5. The number of aryl methyl sites for hydroxylation is 2. The van der Waals surface area contributed by atoms with Gasteiger partial charge in [0.2, 0.25) is 29.5 Å². The number of nitrogens with two attached hydrogens (primary N) is 1. The predicted molar refractivity (Wildman–Crippen MR) is 223 cm³/mol. The average Bonchev–Trinajstić information content (AvgIpc) is 3.23. The number of benzene rings is 3. The lowest BCUT2D eigenvalue weighted by atomic mass is 10.1. The molecule has 3 aromatic carbocycles. The summed E-state index contributed by atoms with van der Waals surface area (Å²) in [4.78, 5) is 78.9. The summed E-state index contributed by atoms with van der Waals surface area (Å²) < 4.78 is 21.9. The van der Waals surface area contributed by atoms with Crippen molar-refractivity contribution in [2.75, 3.05) is 80.8 Å². The number of carbonyl (C=O) groups excluding carboxylic acids is 5. The van der Waals surface area contributed by atoms with E-state index in [1.165, 1.54) is 52.9 Å². The minimum absolute atomic E-state index is 0.00129. The third kappa shape index (κ3) is 12.8. The van der Waals surface area contributed by atoms with Gasteiger partial charge in [-0.3, -0.25) is 24.0 Å². The Labute approximate surface area is 347 Å². The minimum Gasteiger partial charge on any atom is -0.493 e. The molecular weight excluding hydrogens is 757 g/mol. The number of nitrogens with zero attached hydrogens (tertiary/aromatic N) is 5. The van der Waals surface area contributed by atoms with Crippen LogP contribution in [0.3, 0.4) is 0 Å². The van der Waals surface area contributed by atoms with Crippen LogP contribution in [0.25, 0.3) is 0 Å². The molecule has 15 heteroatoms. The van der Waals surface area contributed by atoms with Gasteiger partial charge in [-0.1, -0.05) is 43.7 Å². The lowest BCUT2D eigenvalue weighted by molar-refractivity contribution is -0.146. The van der Waals surface area contributed by atoms with Crippen molar-refractivity contribution in [3.8, 4) is 23.0 Å². The van der Waals surface area contributed by atoms with E-state index in [1.54, 1.807) is 36.4 Å². The second-order valence-electron chi connectivity index (χ2n) is 14.7. The molecule has 1 fully saturated rings. The van der Waals surface area contributed by atoms with Gasteiger partial charge >= 0.3 is 0 Å². The summed E-state index contributed by atoms with van der Waals surface area (Å²) in [7, 11) is 6.06. The zero-order chi connectivity index (χ0) is 43.1. The van der Waals surface area contributed by atoms with Gasteiger partial charge in [-0.25, -0.2) is 0 Å². The van der Waals surface area contributed by atoms with E-state index in [9.17, 15) is 24.0 Å². The standard InChI is InChI=1S/C44H60N6O9/c1-8-9-18-46-26-42(53)50(25-35-14-16-37(57-5)39(22-35)59-7)30-44(55)48(23-33-12-11-31(2)32(3)20-33)29-41(52)47(19-10-17-45)27-43(54)49(28-40(46)51)24-34-13-15-36(56-4)38(21-34)58-6/h11-16,20-22H,8-10,17-19,23-30,45H2,1-7H3. The fourth-order valence-corrected chi connectivity index (χ4v) is 6.75. The number of hydrogen-bond acceptors (Lipinski definition) is 10. The molecule has 0 aliphatic carbocycles. The normalized spacial score (nSPS) is 15.1. The van der Waals surface area contributed by atoms with Gasteiger partial charge in [0.1, 0.15) is 19.6 Å². The predicted octanol–water partition coefficient (Wildman–Crippen LogP) is 3.54. The van der Waals surface area contributed by atoms with Crippen molar-refractivity contribution < 1.29 is 42.9 Å². The molecule has 0 radical (unpaired) electrons. The fraction of sp³-hybridized carbons (Fsp3) is 0.477. The Balaban J connectivity index is 1.83. The maximum Gasteiger partial charge on any atom is 0.242 e. The summed E-state index contributed by atoms with van der Waals surface area (Å²) in [6, 6.07) is 16.3. The van der Waals surface area contributed by atoms with Crippen molar-refractivity contribution in [1.82, 2.24) is 24.5 Å². The minimum atomic E-state index is -0.489. The molecule has 1 aliphatic rings. The first-order valence-electron chi connectivity index (χ1n) is 19.9. The second-order valence-corrected chi connectivity index (χ2v) is 14.7. The van der Waals surface area contributed by atoms with E-state index in [0.717, 1.165) is 23.1 Å². The SMILES string of the molecule is CCCCN1CC(=O)N(Cc2ccc(OC)c(OC)c2)CC(=O)N(Cc2ccc(C)c(C)c2)CC(=O)N(CCCN)CC(=O)N(Cc2ccc(OC)c(OC)c2)CC1=O. The van der Waals surface area contributed by atoms with Crippen LogP contribution in [-0.2, 0) is 43.6 Å². The number of methoxy groups -OCH3 is 4. The molecule has 320 valence electrons. The first kappa shape index (κ1) is 45.9. The van der Waals surface area contributed by atoms with Gasteiger partial charge in [-0.05, 0) is 85.3 Å². The Hall–Kier alpha value is -5.83. The van der Waals surface area contributed by atoms with Crippen LogP contribution in [0.15, 0.2) is 54.6 Å². The first-order valence-corrected chi connectivity index (χ1v) is 19.9. The molecule has 15 nitrogen and oxygen atoms in total. The summed E-state index contributed by atoms with van der Waals surface area (Å²) in [6.07, 6.45) is 1.74. The van der Waals surface area contributed by atoms with Crippen LogP contribution in [0.5, 0.6) is 23.0 Å². The summed E-state index contributed by atoms with van der Waals surface area (Å²) in [5.74, 6) is -0.493. The van der Waals surface area contributed by atoms with Crippen molar-refractivity contribution in [2.24, 2.45) is 5.73 Å². The van der Waals surface area contributed by atoms with E-state index in [1.807, 2.05) is 39.0 Å². The van der Waals surface area contributed by atoms with Crippen LogP contribution >= 0.6 is 0 Å². The number of rotatable bonds is 16.